The van der Waals surface area contributed by atoms with E-state index in [9.17, 15) is 4.39 Å². The first-order valence-corrected chi connectivity index (χ1v) is 8.32. The van der Waals surface area contributed by atoms with Crippen LogP contribution in [0.15, 0.2) is 30.6 Å². The fraction of sp³-hybridized carbons (Fsp3) is 0.267. The Hall–Kier alpha value is -1.99. The molecular formula is C15H12ClFN4OS. The van der Waals surface area contributed by atoms with Crippen molar-refractivity contribution in [3.05, 3.63) is 41.6 Å². The van der Waals surface area contributed by atoms with E-state index in [0.717, 1.165) is 22.7 Å². The van der Waals surface area contributed by atoms with Crippen LogP contribution in [0.2, 0.25) is 5.15 Å². The van der Waals surface area contributed by atoms with Gasteiger partial charge in [-0.1, -0.05) is 22.9 Å². The van der Waals surface area contributed by atoms with Gasteiger partial charge in [-0.15, -0.1) is 0 Å². The van der Waals surface area contributed by atoms with Crippen LogP contribution in [0.5, 0.6) is 5.88 Å². The molecule has 2 aromatic heterocycles. The van der Waals surface area contributed by atoms with E-state index >= 15 is 0 Å². The summed E-state index contributed by atoms with van der Waals surface area (Å²) in [4.78, 5) is 12.4. The number of hydrogen-bond donors (Lipinski definition) is 1. The molecule has 23 heavy (non-hydrogen) atoms. The average molecular weight is 351 g/mol. The van der Waals surface area contributed by atoms with Gasteiger partial charge in [0.25, 0.3) is 5.88 Å². The number of anilines is 1. The first-order valence-electron chi connectivity index (χ1n) is 7.13. The molecule has 118 valence electrons. The number of halogens is 2. The number of rotatable bonds is 4. The van der Waals surface area contributed by atoms with Crippen molar-refractivity contribution in [2.24, 2.45) is 0 Å². The van der Waals surface area contributed by atoms with Gasteiger partial charge in [-0.25, -0.2) is 19.3 Å². The lowest BCUT2D eigenvalue weighted by Crippen LogP contribution is -2.42. The van der Waals surface area contributed by atoms with Gasteiger partial charge in [0.15, 0.2) is 10.3 Å². The van der Waals surface area contributed by atoms with Crippen molar-refractivity contribution in [3.63, 3.8) is 0 Å². The third-order valence-electron chi connectivity index (χ3n) is 3.67. The number of hydrogen-bond acceptors (Lipinski definition) is 6. The number of benzene rings is 1. The molecule has 1 aromatic carbocycles. The second-order valence-electron chi connectivity index (χ2n) is 5.34. The van der Waals surface area contributed by atoms with Crippen LogP contribution < -0.4 is 10.1 Å². The summed E-state index contributed by atoms with van der Waals surface area (Å²) in [6, 6.07) is 4.92. The van der Waals surface area contributed by atoms with Crippen LogP contribution in [0.1, 0.15) is 12.8 Å². The third-order valence-corrected chi connectivity index (χ3v) is 4.90. The molecule has 0 saturated heterocycles. The minimum absolute atomic E-state index is 0.0634. The molecule has 0 bridgehead atoms. The Labute approximate surface area is 140 Å². The minimum Gasteiger partial charge on any atom is -0.472 e. The van der Waals surface area contributed by atoms with E-state index in [2.05, 4.69) is 20.3 Å². The Bertz CT molecular complexity index is 852. The van der Waals surface area contributed by atoms with Crippen molar-refractivity contribution >= 4 is 38.3 Å². The lowest BCUT2D eigenvalue weighted by molar-refractivity contribution is 0.102. The first kappa shape index (κ1) is 14.6. The maximum absolute atomic E-state index is 13.2. The van der Waals surface area contributed by atoms with Crippen molar-refractivity contribution in [3.8, 4) is 5.88 Å². The molecule has 1 fully saturated rings. The molecule has 1 aliphatic rings. The van der Waals surface area contributed by atoms with Gasteiger partial charge in [-0.2, -0.15) is 0 Å². The molecule has 4 rings (SSSR count). The molecular weight excluding hydrogens is 339 g/mol. The second kappa shape index (κ2) is 5.90. The zero-order valence-corrected chi connectivity index (χ0v) is 13.4. The predicted molar refractivity (Wildman–Crippen MR) is 87.7 cm³/mol. The highest BCUT2D eigenvalue weighted by molar-refractivity contribution is 7.22. The van der Waals surface area contributed by atoms with Crippen LogP contribution >= 0.6 is 22.9 Å². The highest BCUT2D eigenvalue weighted by Gasteiger charge is 2.32. The van der Waals surface area contributed by atoms with Gasteiger partial charge in [0.2, 0.25) is 0 Å². The van der Waals surface area contributed by atoms with Crippen LogP contribution in [-0.4, -0.2) is 27.1 Å². The molecule has 0 aliphatic heterocycles. The van der Waals surface area contributed by atoms with Crippen LogP contribution in [0.25, 0.3) is 10.2 Å². The van der Waals surface area contributed by atoms with Crippen molar-refractivity contribution in [1.29, 1.82) is 0 Å². The summed E-state index contributed by atoms with van der Waals surface area (Å²) >= 11 is 7.44. The molecule has 3 aromatic rings. The Balaban J connectivity index is 1.35. The maximum Gasteiger partial charge on any atom is 0.252 e. The number of aromatic nitrogens is 3. The number of fused-ring (bicyclic) bond motifs is 1. The smallest absolute Gasteiger partial charge is 0.252 e. The van der Waals surface area contributed by atoms with Crippen molar-refractivity contribution in [1.82, 2.24) is 15.0 Å². The normalized spacial score (nSPS) is 20.3. The zero-order valence-electron chi connectivity index (χ0n) is 11.9. The molecule has 1 N–H and O–H groups in total. The van der Waals surface area contributed by atoms with Gasteiger partial charge in [0.1, 0.15) is 11.9 Å². The first-order chi connectivity index (χ1) is 11.2. The minimum atomic E-state index is -0.271. The zero-order chi connectivity index (χ0) is 15.8. The molecule has 1 saturated carbocycles. The van der Waals surface area contributed by atoms with E-state index in [-0.39, 0.29) is 23.1 Å². The van der Waals surface area contributed by atoms with E-state index < -0.39 is 0 Å². The van der Waals surface area contributed by atoms with Crippen LogP contribution in [0.3, 0.4) is 0 Å². The molecule has 0 radical (unpaired) electrons. The average Bonchev–Trinajstić information content (AvgIpc) is 2.88. The summed E-state index contributed by atoms with van der Waals surface area (Å²) in [5, 5.41) is 4.43. The molecule has 8 heteroatoms. The van der Waals surface area contributed by atoms with E-state index in [1.807, 2.05) is 0 Å². The van der Waals surface area contributed by atoms with Crippen LogP contribution in [-0.2, 0) is 0 Å². The lowest BCUT2D eigenvalue weighted by atomic mass is 9.89. The predicted octanol–water partition coefficient (Wildman–Crippen LogP) is 3.90. The SMILES string of the molecule is Fc1ccc2sc(NC3CC(Oc4nccnc4Cl)C3)nc2c1. The summed E-state index contributed by atoms with van der Waals surface area (Å²) < 4.78 is 19.9. The van der Waals surface area contributed by atoms with Crippen molar-refractivity contribution in [2.45, 2.75) is 25.0 Å². The van der Waals surface area contributed by atoms with E-state index in [1.165, 1.54) is 29.7 Å². The van der Waals surface area contributed by atoms with E-state index in [0.29, 0.717) is 11.4 Å². The highest BCUT2D eigenvalue weighted by Crippen LogP contribution is 2.32. The third kappa shape index (κ3) is 3.07. The maximum atomic E-state index is 13.2. The summed E-state index contributed by atoms with van der Waals surface area (Å²) in [6.07, 6.45) is 4.80. The van der Waals surface area contributed by atoms with Gasteiger partial charge in [0.05, 0.1) is 10.2 Å². The summed E-state index contributed by atoms with van der Waals surface area (Å²) in [7, 11) is 0. The lowest BCUT2D eigenvalue weighted by Gasteiger charge is -2.35. The number of nitrogens with one attached hydrogen (secondary N) is 1. The Morgan fingerprint density at radius 3 is 2.91 bits per heavy atom. The molecule has 0 spiro atoms. The number of ether oxygens (including phenoxy) is 1. The molecule has 0 unspecified atom stereocenters. The topological polar surface area (TPSA) is 59.9 Å². The second-order valence-corrected chi connectivity index (χ2v) is 6.72. The Kier molecular flexibility index (Phi) is 3.74. The summed E-state index contributed by atoms with van der Waals surface area (Å²) in [5.41, 5.74) is 0.677. The fourth-order valence-corrected chi connectivity index (χ4v) is 3.53. The number of nitrogens with zero attached hydrogens (tertiary/aromatic N) is 3. The monoisotopic (exact) mass is 350 g/mol. The van der Waals surface area contributed by atoms with Gasteiger partial charge in [-0.05, 0) is 12.1 Å². The molecule has 1 aliphatic carbocycles. The highest BCUT2D eigenvalue weighted by atomic mass is 35.5. The Morgan fingerprint density at radius 2 is 2.09 bits per heavy atom. The van der Waals surface area contributed by atoms with E-state index in [1.54, 1.807) is 12.3 Å². The molecule has 0 atom stereocenters. The van der Waals surface area contributed by atoms with Gasteiger partial charge in [-0.3, -0.25) is 0 Å². The van der Waals surface area contributed by atoms with Crippen LogP contribution in [0.4, 0.5) is 9.52 Å². The van der Waals surface area contributed by atoms with E-state index in [4.69, 9.17) is 16.3 Å². The molecule has 2 heterocycles. The molecule has 5 nitrogen and oxygen atoms in total. The summed E-state index contributed by atoms with van der Waals surface area (Å²) in [5.74, 6) is 0.0976. The van der Waals surface area contributed by atoms with Gasteiger partial charge < -0.3 is 10.1 Å². The standard InChI is InChI=1S/C15H12ClFN4OS/c16-13-14(19-4-3-18-13)22-10-6-9(7-10)20-15-21-11-5-8(17)1-2-12(11)23-15/h1-5,9-10H,6-7H2,(H,20,21). The Morgan fingerprint density at radius 1 is 1.26 bits per heavy atom. The fourth-order valence-electron chi connectivity index (χ4n) is 2.46. The van der Waals surface area contributed by atoms with Crippen LogP contribution in [0, 0.1) is 5.82 Å². The van der Waals surface area contributed by atoms with Gasteiger partial charge >= 0.3 is 0 Å². The molecule has 0 amide bonds. The largest absolute Gasteiger partial charge is 0.472 e. The van der Waals surface area contributed by atoms with Gasteiger partial charge in [0, 0.05) is 37.3 Å². The quantitative estimate of drug-likeness (QED) is 0.773. The number of thiazole rings is 1. The summed E-state index contributed by atoms with van der Waals surface area (Å²) in [6.45, 7) is 0. The van der Waals surface area contributed by atoms with Crippen molar-refractivity contribution in [2.75, 3.05) is 5.32 Å². The van der Waals surface area contributed by atoms with Crippen molar-refractivity contribution < 1.29 is 9.13 Å².